The first kappa shape index (κ1) is 12.1. The fourth-order valence-electron chi connectivity index (χ4n) is 1.52. The van der Waals surface area contributed by atoms with Crippen LogP contribution in [-0.4, -0.2) is 17.6 Å². The van der Waals surface area contributed by atoms with Crippen molar-refractivity contribution < 1.29 is 0 Å². The van der Waals surface area contributed by atoms with Crippen molar-refractivity contribution in [2.24, 2.45) is 0 Å². The van der Waals surface area contributed by atoms with Gasteiger partial charge in [-0.05, 0) is 32.4 Å². The van der Waals surface area contributed by atoms with Crippen LogP contribution in [0.4, 0.5) is 11.5 Å². The molecule has 3 nitrogen and oxygen atoms in total. The first-order chi connectivity index (χ1) is 7.06. The zero-order chi connectivity index (χ0) is 11.4. The molecule has 0 saturated carbocycles. The third-order valence-corrected chi connectivity index (χ3v) is 2.44. The van der Waals surface area contributed by atoms with E-state index in [1.165, 1.54) is 0 Å². The highest BCUT2D eigenvalue weighted by molar-refractivity contribution is 6.29. The number of anilines is 2. The first-order valence-electron chi connectivity index (χ1n) is 5.25. The molecule has 0 aliphatic carbocycles. The molecule has 0 aliphatic rings. The minimum Gasteiger partial charge on any atom is -0.396 e. The van der Waals surface area contributed by atoms with Gasteiger partial charge in [-0.25, -0.2) is 4.98 Å². The van der Waals surface area contributed by atoms with Crippen molar-refractivity contribution >= 4 is 23.1 Å². The van der Waals surface area contributed by atoms with Crippen LogP contribution in [0.5, 0.6) is 0 Å². The Kier molecular flexibility index (Phi) is 4.21. The monoisotopic (exact) mass is 227 g/mol. The molecular weight excluding hydrogens is 210 g/mol. The van der Waals surface area contributed by atoms with Gasteiger partial charge in [-0.15, -0.1) is 0 Å². The van der Waals surface area contributed by atoms with Crippen molar-refractivity contribution in [2.45, 2.75) is 33.2 Å². The molecule has 0 aliphatic heterocycles. The maximum atomic E-state index is 5.90. The van der Waals surface area contributed by atoms with Gasteiger partial charge in [-0.3, -0.25) is 0 Å². The zero-order valence-corrected chi connectivity index (χ0v) is 10.3. The molecule has 0 amide bonds. The maximum Gasteiger partial charge on any atom is 0.153 e. The summed E-state index contributed by atoms with van der Waals surface area (Å²) in [7, 11) is 0. The summed E-state index contributed by atoms with van der Waals surface area (Å²) in [6, 6.07) is 3.89. The average molecular weight is 228 g/mol. The lowest BCUT2D eigenvalue weighted by Gasteiger charge is -2.28. The molecule has 0 aromatic carbocycles. The summed E-state index contributed by atoms with van der Waals surface area (Å²) in [4.78, 5) is 6.45. The summed E-state index contributed by atoms with van der Waals surface area (Å²) in [5, 5.41) is 0.487. The number of pyridine rings is 1. The van der Waals surface area contributed by atoms with Crippen LogP contribution in [0.1, 0.15) is 27.2 Å². The van der Waals surface area contributed by atoms with Gasteiger partial charge < -0.3 is 10.6 Å². The van der Waals surface area contributed by atoms with Crippen LogP contribution in [0.15, 0.2) is 12.1 Å². The van der Waals surface area contributed by atoms with E-state index in [-0.39, 0.29) is 0 Å². The molecule has 1 aromatic heterocycles. The lowest BCUT2D eigenvalue weighted by Crippen LogP contribution is -2.32. The molecule has 4 heteroatoms. The molecule has 0 radical (unpaired) electrons. The van der Waals surface area contributed by atoms with E-state index in [2.05, 4.69) is 30.7 Å². The number of aromatic nitrogens is 1. The summed E-state index contributed by atoms with van der Waals surface area (Å²) in [6.45, 7) is 7.32. The van der Waals surface area contributed by atoms with Crippen molar-refractivity contribution in [3.8, 4) is 0 Å². The predicted octanol–water partition coefficient (Wildman–Crippen LogP) is 2.94. The van der Waals surface area contributed by atoms with Gasteiger partial charge in [0.05, 0.1) is 5.69 Å². The predicted molar refractivity (Wildman–Crippen MR) is 66.4 cm³/mol. The van der Waals surface area contributed by atoms with E-state index in [9.17, 15) is 0 Å². The number of hydrogen-bond donors (Lipinski definition) is 1. The van der Waals surface area contributed by atoms with Crippen LogP contribution >= 0.6 is 11.6 Å². The minimum atomic E-state index is 0.373. The number of halogens is 1. The van der Waals surface area contributed by atoms with E-state index >= 15 is 0 Å². The second-order valence-electron chi connectivity index (χ2n) is 3.83. The van der Waals surface area contributed by atoms with Crippen molar-refractivity contribution in [1.82, 2.24) is 4.98 Å². The molecule has 1 heterocycles. The van der Waals surface area contributed by atoms with E-state index in [0.717, 1.165) is 18.8 Å². The van der Waals surface area contributed by atoms with E-state index < -0.39 is 0 Å². The Balaban J connectivity index is 3.04. The normalized spacial score (nSPS) is 10.7. The number of nitrogens with zero attached hydrogens (tertiary/aromatic N) is 2. The van der Waals surface area contributed by atoms with E-state index in [4.69, 9.17) is 17.3 Å². The lowest BCUT2D eigenvalue weighted by molar-refractivity contribution is 0.663. The van der Waals surface area contributed by atoms with Gasteiger partial charge in [-0.2, -0.15) is 0 Å². The number of hydrogen-bond acceptors (Lipinski definition) is 3. The lowest BCUT2D eigenvalue weighted by atomic mass is 10.2. The molecule has 2 N–H and O–H groups in total. The Morgan fingerprint density at radius 2 is 2.13 bits per heavy atom. The van der Waals surface area contributed by atoms with Gasteiger partial charge in [0.1, 0.15) is 5.15 Å². The van der Waals surface area contributed by atoms with Gasteiger partial charge >= 0.3 is 0 Å². The maximum absolute atomic E-state index is 5.90. The Morgan fingerprint density at radius 3 is 2.67 bits per heavy atom. The minimum absolute atomic E-state index is 0.373. The summed E-state index contributed by atoms with van der Waals surface area (Å²) < 4.78 is 0. The summed E-state index contributed by atoms with van der Waals surface area (Å²) in [6.07, 6.45) is 1.06. The van der Waals surface area contributed by atoms with Crippen LogP contribution in [0.25, 0.3) is 0 Å². The topological polar surface area (TPSA) is 42.2 Å². The van der Waals surface area contributed by atoms with Crippen molar-refractivity contribution in [3.63, 3.8) is 0 Å². The second kappa shape index (κ2) is 5.21. The molecule has 0 saturated heterocycles. The van der Waals surface area contributed by atoms with Gasteiger partial charge in [-0.1, -0.05) is 18.5 Å². The van der Waals surface area contributed by atoms with E-state index in [0.29, 0.717) is 16.9 Å². The fraction of sp³-hybridized carbons (Fsp3) is 0.545. The fourth-order valence-corrected chi connectivity index (χ4v) is 1.66. The van der Waals surface area contributed by atoms with Gasteiger partial charge in [0.25, 0.3) is 0 Å². The molecule has 0 fully saturated rings. The third-order valence-electron chi connectivity index (χ3n) is 2.23. The highest BCUT2D eigenvalue weighted by Crippen LogP contribution is 2.24. The smallest absolute Gasteiger partial charge is 0.153 e. The highest BCUT2D eigenvalue weighted by atomic mass is 35.5. The Labute approximate surface area is 96.2 Å². The molecule has 0 atom stereocenters. The Hall–Kier alpha value is -0.960. The van der Waals surface area contributed by atoms with Gasteiger partial charge in [0.2, 0.25) is 0 Å². The number of nitrogen functional groups attached to an aromatic ring is 1. The molecule has 0 bridgehead atoms. The Bertz CT molecular complexity index is 326. The van der Waals surface area contributed by atoms with Crippen LogP contribution in [0.2, 0.25) is 5.15 Å². The average Bonchev–Trinajstić information content (AvgIpc) is 2.18. The molecule has 15 heavy (non-hydrogen) atoms. The third kappa shape index (κ3) is 2.99. The SMILES string of the molecule is CCCN(c1nc(Cl)ccc1N)C(C)C. The molecule has 1 rings (SSSR count). The molecule has 84 valence electrons. The highest BCUT2D eigenvalue weighted by Gasteiger charge is 2.14. The largest absolute Gasteiger partial charge is 0.396 e. The molecule has 0 unspecified atom stereocenters. The quantitative estimate of drug-likeness (QED) is 0.805. The standard InChI is InChI=1S/C11H18ClN3/c1-4-7-15(8(2)3)11-9(13)5-6-10(12)14-11/h5-6,8H,4,7,13H2,1-3H3. The Morgan fingerprint density at radius 1 is 1.47 bits per heavy atom. The zero-order valence-electron chi connectivity index (χ0n) is 9.50. The summed E-state index contributed by atoms with van der Waals surface area (Å²) >= 11 is 5.87. The van der Waals surface area contributed by atoms with Gasteiger partial charge in [0.15, 0.2) is 5.82 Å². The number of rotatable bonds is 4. The van der Waals surface area contributed by atoms with Gasteiger partial charge in [0, 0.05) is 12.6 Å². The van der Waals surface area contributed by atoms with Crippen LogP contribution < -0.4 is 10.6 Å². The molecular formula is C11H18ClN3. The van der Waals surface area contributed by atoms with E-state index in [1.807, 2.05) is 0 Å². The van der Waals surface area contributed by atoms with Crippen molar-refractivity contribution in [2.75, 3.05) is 17.2 Å². The second-order valence-corrected chi connectivity index (χ2v) is 4.22. The van der Waals surface area contributed by atoms with Crippen molar-refractivity contribution in [3.05, 3.63) is 17.3 Å². The molecule has 1 aromatic rings. The van der Waals surface area contributed by atoms with Crippen LogP contribution in [0, 0.1) is 0 Å². The molecule has 0 spiro atoms. The van der Waals surface area contributed by atoms with Crippen LogP contribution in [-0.2, 0) is 0 Å². The van der Waals surface area contributed by atoms with Crippen molar-refractivity contribution in [1.29, 1.82) is 0 Å². The summed E-state index contributed by atoms with van der Waals surface area (Å²) in [5.74, 6) is 0.791. The number of nitrogens with two attached hydrogens (primary N) is 1. The first-order valence-corrected chi connectivity index (χ1v) is 5.62. The van der Waals surface area contributed by atoms with E-state index in [1.54, 1.807) is 12.1 Å². The van der Waals surface area contributed by atoms with Crippen LogP contribution in [0.3, 0.4) is 0 Å². The summed E-state index contributed by atoms with van der Waals surface area (Å²) in [5.41, 5.74) is 6.58.